The van der Waals surface area contributed by atoms with Gasteiger partial charge in [-0.3, -0.25) is 9.80 Å². The van der Waals surface area contributed by atoms with Gasteiger partial charge in [0.2, 0.25) is 0 Å². The van der Waals surface area contributed by atoms with E-state index in [1.165, 1.54) is 6.04 Å². The Balaban J connectivity index is 4.26. The molecule has 0 N–H and O–H groups in total. The summed E-state index contributed by atoms with van der Waals surface area (Å²) in [5.41, 5.74) is 2.10. The third kappa shape index (κ3) is 7.31. The van der Waals surface area contributed by atoms with Crippen LogP contribution in [0.4, 0.5) is 0 Å². The molecule has 0 aromatic heterocycles. The van der Waals surface area contributed by atoms with Crippen LogP contribution in [0.2, 0.25) is 6.04 Å². The van der Waals surface area contributed by atoms with Crippen LogP contribution in [0.25, 0.3) is 0 Å². The summed E-state index contributed by atoms with van der Waals surface area (Å²) in [4.78, 5) is 4.85. The summed E-state index contributed by atoms with van der Waals surface area (Å²) in [6, 6.07) is 1.21. The lowest BCUT2D eigenvalue weighted by molar-refractivity contribution is -0.0663. The van der Waals surface area contributed by atoms with Gasteiger partial charge in [-0.25, -0.2) is 0 Å². The van der Waals surface area contributed by atoms with E-state index in [2.05, 4.69) is 49.8 Å². The van der Waals surface area contributed by atoms with Gasteiger partial charge in [-0.15, -0.1) is 12.3 Å². The molecule has 0 aromatic rings. The Kier molecular flexibility index (Phi) is 11.8. The first-order chi connectivity index (χ1) is 8.73. The number of likely N-dealkylation sites (N-methyl/N-ethyl adjacent to an activating group) is 2. The number of hydrogen-bond donors (Lipinski definition) is 0. The molecule has 1 atom stereocenters. The molecule has 0 aromatic carbocycles. The summed E-state index contributed by atoms with van der Waals surface area (Å²) in [5.74, 6) is 0. The second-order valence-electron chi connectivity index (χ2n) is 4.46. The zero-order valence-electron chi connectivity index (χ0n) is 12.8. The molecular formula is C14H32N2OSi. The van der Waals surface area contributed by atoms with Gasteiger partial charge >= 0.3 is 0 Å². The zero-order valence-corrected chi connectivity index (χ0v) is 14.2. The Bertz CT molecular complexity index is 194. The van der Waals surface area contributed by atoms with Crippen molar-refractivity contribution in [3.63, 3.8) is 0 Å². The Morgan fingerprint density at radius 2 is 1.72 bits per heavy atom. The molecule has 0 fully saturated rings. The molecule has 0 aliphatic heterocycles. The average molecular weight is 273 g/mol. The molecule has 18 heavy (non-hydrogen) atoms. The van der Waals surface area contributed by atoms with E-state index in [-0.39, 0.29) is 15.7 Å². The average Bonchev–Trinajstić information content (AvgIpc) is 2.41. The van der Waals surface area contributed by atoms with Crippen molar-refractivity contribution in [2.24, 2.45) is 0 Å². The second-order valence-corrected chi connectivity index (χ2v) is 6.33. The van der Waals surface area contributed by atoms with Crippen LogP contribution in [0.5, 0.6) is 0 Å². The monoisotopic (exact) mass is 272 g/mol. The van der Waals surface area contributed by atoms with Crippen LogP contribution in [0.3, 0.4) is 0 Å². The summed E-state index contributed by atoms with van der Waals surface area (Å²) in [6.07, 6.45) is 0.249. The fraction of sp³-hybridized carbons (Fsp3) is 0.857. The van der Waals surface area contributed by atoms with Gasteiger partial charge in [0.05, 0.1) is 0 Å². The first kappa shape index (κ1) is 17.8. The minimum Gasteiger partial charge on any atom is -0.362 e. The van der Waals surface area contributed by atoms with Gasteiger partial charge in [-0.2, -0.15) is 0 Å². The molecule has 0 aliphatic carbocycles. The highest BCUT2D eigenvalue weighted by Crippen LogP contribution is 2.05. The quantitative estimate of drug-likeness (QED) is 0.306. The van der Waals surface area contributed by atoms with Crippen molar-refractivity contribution < 1.29 is 4.74 Å². The molecule has 0 amide bonds. The smallest absolute Gasteiger partial charge is 0.123 e. The summed E-state index contributed by atoms with van der Waals surface area (Å²) < 4.78 is 6.09. The zero-order chi connectivity index (χ0) is 13.8. The lowest BCUT2D eigenvalue weighted by Gasteiger charge is -2.33. The van der Waals surface area contributed by atoms with E-state index < -0.39 is 0 Å². The highest BCUT2D eigenvalue weighted by atomic mass is 28.2. The maximum atomic E-state index is 6.09. The van der Waals surface area contributed by atoms with E-state index in [4.69, 9.17) is 4.74 Å². The van der Waals surface area contributed by atoms with Crippen LogP contribution in [0.15, 0.2) is 12.3 Å². The van der Waals surface area contributed by atoms with Crippen molar-refractivity contribution in [1.29, 1.82) is 0 Å². The van der Waals surface area contributed by atoms with Crippen molar-refractivity contribution in [1.82, 2.24) is 9.80 Å². The standard InChI is InChI=1S/C14H32N2OSi/c1-6-15(7-2)13-14(16(8-3)9-4)17-11-12-18-10-5/h10,14H,5-9,11-13,18H2,1-4H3. The summed E-state index contributed by atoms with van der Waals surface area (Å²) in [6.45, 7) is 18.9. The Labute approximate surface area is 116 Å². The predicted octanol–water partition coefficient (Wildman–Crippen LogP) is 1.74. The summed E-state index contributed by atoms with van der Waals surface area (Å²) >= 11 is 0. The molecule has 0 rings (SSSR count). The molecular weight excluding hydrogens is 240 g/mol. The van der Waals surface area contributed by atoms with Gasteiger partial charge in [-0.05, 0) is 32.2 Å². The largest absolute Gasteiger partial charge is 0.362 e. The van der Waals surface area contributed by atoms with E-state index in [1.807, 2.05) is 0 Å². The predicted molar refractivity (Wildman–Crippen MR) is 84.0 cm³/mol. The van der Waals surface area contributed by atoms with Crippen LogP contribution in [-0.2, 0) is 4.74 Å². The van der Waals surface area contributed by atoms with E-state index >= 15 is 0 Å². The first-order valence-electron chi connectivity index (χ1n) is 7.42. The van der Waals surface area contributed by atoms with Gasteiger partial charge < -0.3 is 4.74 Å². The van der Waals surface area contributed by atoms with Crippen molar-refractivity contribution in [2.75, 3.05) is 39.3 Å². The second kappa shape index (κ2) is 11.9. The van der Waals surface area contributed by atoms with Crippen molar-refractivity contribution in [3.8, 4) is 0 Å². The van der Waals surface area contributed by atoms with Gasteiger partial charge in [0.25, 0.3) is 0 Å². The molecule has 0 bridgehead atoms. The molecule has 0 aliphatic rings. The first-order valence-corrected chi connectivity index (χ1v) is 9.23. The number of rotatable bonds is 12. The Morgan fingerprint density at radius 1 is 1.11 bits per heavy atom. The normalized spacial score (nSPS) is 13.9. The van der Waals surface area contributed by atoms with Gasteiger partial charge in [0.1, 0.15) is 6.23 Å². The highest BCUT2D eigenvalue weighted by molar-refractivity contribution is 6.41. The maximum Gasteiger partial charge on any atom is 0.123 e. The van der Waals surface area contributed by atoms with E-state index in [9.17, 15) is 0 Å². The molecule has 1 unspecified atom stereocenters. The van der Waals surface area contributed by atoms with E-state index in [1.54, 1.807) is 0 Å². The topological polar surface area (TPSA) is 15.7 Å². The molecule has 3 nitrogen and oxygen atoms in total. The minimum absolute atomic E-state index is 0.0891. The number of ether oxygens (including phenoxy) is 1. The van der Waals surface area contributed by atoms with Crippen LogP contribution in [0, 0.1) is 0 Å². The lowest BCUT2D eigenvalue weighted by atomic mass is 10.3. The fourth-order valence-electron chi connectivity index (χ4n) is 2.05. The van der Waals surface area contributed by atoms with Gasteiger partial charge in [-0.1, -0.05) is 27.7 Å². The number of hydrogen-bond acceptors (Lipinski definition) is 3. The minimum atomic E-state index is -0.0891. The van der Waals surface area contributed by atoms with Crippen molar-refractivity contribution >= 4 is 9.52 Å². The van der Waals surface area contributed by atoms with Gasteiger partial charge in [0.15, 0.2) is 0 Å². The molecule has 0 spiro atoms. The fourth-order valence-corrected chi connectivity index (χ4v) is 2.68. The Hall–Kier alpha value is -0.163. The van der Waals surface area contributed by atoms with Crippen molar-refractivity contribution in [3.05, 3.63) is 12.3 Å². The number of nitrogens with zero attached hydrogens (tertiary/aromatic N) is 2. The van der Waals surface area contributed by atoms with Crippen LogP contribution in [0.1, 0.15) is 27.7 Å². The van der Waals surface area contributed by atoms with E-state index in [0.717, 1.165) is 39.3 Å². The third-order valence-electron chi connectivity index (χ3n) is 3.39. The molecule has 0 saturated heterocycles. The molecule has 0 saturated carbocycles. The lowest BCUT2D eigenvalue weighted by Crippen LogP contribution is -2.45. The van der Waals surface area contributed by atoms with Crippen molar-refractivity contribution in [2.45, 2.75) is 40.0 Å². The van der Waals surface area contributed by atoms with Crippen LogP contribution in [-0.4, -0.2) is 64.9 Å². The molecule has 0 radical (unpaired) electrons. The van der Waals surface area contributed by atoms with Gasteiger partial charge in [0, 0.05) is 22.7 Å². The maximum absolute atomic E-state index is 6.09. The third-order valence-corrected chi connectivity index (χ3v) is 4.50. The highest BCUT2D eigenvalue weighted by Gasteiger charge is 2.18. The van der Waals surface area contributed by atoms with Crippen LogP contribution < -0.4 is 0 Å². The molecule has 108 valence electrons. The summed E-state index contributed by atoms with van der Waals surface area (Å²) in [5, 5.41) is 0. The molecule has 0 heterocycles. The van der Waals surface area contributed by atoms with E-state index in [0.29, 0.717) is 0 Å². The summed E-state index contributed by atoms with van der Waals surface area (Å²) in [7, 11) is -0.0891. The Morgan fingerprint density at radius 3 is 2.17 bits per heavy atom. The van der Waals surface area contributed by atoms with Crippen LogP contribution >= 0.6 is 0 Å². The SMILES string of the molecule is C=C[SiH2]CCOC(CN(CC)CC)N(CC)CC. The molecule has 4 heteroatoms.